The fraction of sp³-hybridized carbons (Fsp3) is 0.500. The van der Waals surface area contributed by atoms with Crippen LogP contribution in [0.25, 0.3) is 0 Å². The molecular formula is C24H28N4O4. The van der Waals surface area contributed by atoms with Crippen molar-refractivity contribution in [2.75, 3.05) is 32.8 Å². The van der Waals surface area contributed by atoms with Gasteiger partial charge in [0.05, 0.1) is 55.9 Å². The maximum absolute atomic E-state index is 13.1. The van der Waals surface area contributed by atoms with Gasteiger partial charge in [0.25, 0.3) is 5.91 Å². The number of nitrogens with zero attached hydrogens (tertiary/aromatic N) is 4. The van der Waals surface area contributed by atoms with Crippen molar-refractivity contribution in [3.63, 3.8) is 0 Å². The van der Waals surface area contributed by atoms with E-state index in [2.05, 4.69) is 9.97 Å². The Balaban J connectivity index is 1.25. The van der Waals surface area contributed by atoms with Crippen molar-refractivity contribution in [1.29, 1.82) is 0 Å². The molecule has 2 fully saturated rings. The maximum Gasteiger partial charge on any atom is 0.253 e. The molecule has 1 spiro atoms. The minimum Gasteiger partial charge on any atom is -0.493 e. The number of rotatable bonds is 3. The van der Waals surface area contributed by atoms with Crippen LogP contribution in [0.3, 0.4) is 0 Å². The lowest BCUT2D eigenvalue weighted by Crippen LogP contribution is -2.53. The van der Waals surface area contributed by atoms with Crippen molar-refractivity contribution in [3.05, 3.63) is 53.1 Å². The molecule has 3 aliphatic rings. The van der Waals surface area contributed by atoms with Gasteiger partial charge in [0, 0.05) is 31.3 Å². The number of carbonyl (C=O) groups excluding carboxylic acids is 2. The predicted octanol–water partition coefficient (Wildman–Crippen LogP) is 2.14. The van der Waals surface area contributed by atoms with Crippen LogP contribution in [0.1, 0.15) is 46.6 Å². The van der Waals surface area contributed by atoms with E-state index < -0.39 is 5.60 Å². The van der Waals surface area contributed by atoms with Crippen molar-refractivity contribution in [1.82, 2.24) is 19.8 Å². The first-order valence-corrected chi connectivity index (χ1v) is 11.3. The highest BCUT2D eigenvalue weighted by molar-refractivity contribution is 5.94. The molecule has 0 radical (unpaired) electrons. The van der Waals surface area contributed by atoms with E-state index in [1.165, 1.54) is 0 Å². The molecule has 0 unspecified atom stereocenters. The number of hydrogen-bond acceptors (Lipinski definition) is 6. The summed E-state index contributed by atoms with van der Waals surface area (Å²) in [7, 11) is 0. The monoisotopic (exact) mass is 436 g/mol. The van der Waals surface area contributed by atoms with Crippen molar-refractivity contribution in [3.8, 4) is 5.75 Å². The van der Waals surface area contributed by atoms with E-state index in [9.17, 15) is 9.59 Å². The van der Waals surface area contributed by atoms with Crippen LogP contribution in [0.5, 0.6) is 5.75 Å². The second-order valence-corrected chi connectivity index (χ2v) is 8.89. The number of carbonyl (C=O) groups is 2. The number of likely N-dealkylation sites (tertiary alicyclic amines) is 1. The molecule has 0 saturated carbocycles. The van der Waals surface area contributed by atoms with E-state index >= 15 is 0 Å². The van der Waals surface area contributed by atoms with Gasteiger partial charge in [0.1, 0.15) is 5.75 Å². The first-order chi connectivity index (χ1) is 15.5. The molecule has 168 valence electrons. The van der Waals surface area contributed by atoms with Gasteiger partial charge in [-0.25, -0.2) is 0 Å². The van der Waals surface area contributed by atoms with E-state index in [-0.39, 0.29) is 11.8 Å². The summed E-state index contributed by atoms with van der Waals surface area (Å²) < 4.78 is 11.8. The summed E-state index contributed by atoms with van der Waals surface area (Å²) >= 11 is 0. The summed E-state index contributed by atoms with van der Waals surface area (Å²) in [4.78, 5) is 38.2. The lowest BCUT2D eigenvalue weighted by Gasteiger charge is -2.42. The molecule has 0 bridgehead atoms. The van der Waals surface area contributed by atoms with E-state index in [1.807, 2.05) is 34.9 Å². The van der Waals surface area contributed by atoms with E-state index in [0.29, 0.717) is 64.2 Å². The Morgan fingerprint density at radius 1 is 1.12 bits per heavy atom. The van der Waals surface area contributed by atoms with Gasteiger partial charge in [-0.05, 0) is 43.5 Å². The summed E-state index contributed by atoms with van der Waals surface area (Å²) in [6.45, 7) is 5.14. The Kier molecular flexibility index (Phi) is 5.55. The fourth-order valence-electron chi connectivity index (χ4n) is 4.76. The smallest absolute Gasteiger partial charge is 0.253 e. The van der Waals surface area contributed by atoms with Crippen molar-refractivity contribution >= 4 is 11.8 Å². The SMILES string of the molecule is Cc1cnc(CN2CC3(CCN(C(=O)c4ccc5c(c4)CCO5)CC3)OCCC2=O)cn1. The Bertz CT molecular complexity index is 1020. The lowest BCUT2D eigenvalue weighted by molar-refractivity contribution is -0.132. The minimum atomic E-state index is -0.424. The molecule has 5 rings (SSSR count). The number of aromatic nitrogens is 2. The first kappa shape index (κ1) is 20.9. The Labute approximate surface area is 187 Å². The number of benzene rings is 1. The minimum absolute atomic E-state index is 0.0473. The number of aryl methyl sites for hydroxylation is 1. The normalized spacial score (nSPS) is 20.1. The highest BCUT2D eigenvalue weighted by atomic mass is 16.5. The van der Waals surface area contributed by atoms with Crippen LogP contribution < -0.4 is 4.74 Å². The predicted molar refractivity (Wildman–Crippen MR) is 116 cm³/mol. The Morgan fingerprint density at radius 3 is 2.75 bits per heavy atom. The third-order valence-electron chi connectivity index (χ3n) is 6.64. The lowest BCUT2D eigenvalue weighted by atomic mass is 9.90. The van der Waals surface area contributed by atoms with Crippen LogP contribution >= 0.6 is 0 Å². The van der Waals surface area contributed by atoms with Gasteiger partial charge >= 0.3 is 0 Å². The van der Waals surface area contributed by atoms with Gasteiger partial charge in [-0.3, -0.25) is 19.6 Å². The zero-order chi connectivity index (χ0) is 22.1. The molecule has 4 heterocycles. The van der Waals surface area contributed by atoms with Gasteiger partial charge in [-0.1, -0.05) is 0 Å². The second kappa shape index (κ2) is 8.50. The quantitative estimate of drug-likeness (QED) is 0.733. The molecule has 0 atom stereocenters. The summed E-state index contributed by atoms with van der Waals surface area (Å²) in [5.41, 5.74) is 3.01. The Morgan fingerprint density at radius 2 is 1.97 bits per heavy atom. The van der Waals surface area contributed by atoms with Gasteiger partial charge in [-0.2, -0.15) is 0 Å². The number of fused-ring (bicyclic) bond motifs is 1. The zero-order valence-corrected chi connectivity index (χ0v) is 18.4. The Hall–Kier alpha value is -3.00. The van der Waals surface area contributed by atoms with Gasteiger partial charge in [0.15, 0.2) is 0 Å². The standard InChI is InChI=1S/C24H28N4O4/c1-17-13-26-20(14-25-17)15-28-16-24(32-11-5-22(28)29)6-8-27(9-7-24)23(30)19-2-3-21-18(12-19)4-10-31-21/h2-3,12-14H,4-11,15-16H2,1H3. The molecule has 2 amide bonds. The van der Waals surface area contributed by atoms with Crippen molar-refractivity contribution in [2.24, 2.45) is 0 Å². The van der Waals surface area contributed by atoms with Gasteiger partial charge in [0.2, 0.25) is 5.91 Å². The fourth-order valence-corrected chi connectivity index (χ4v) is 4.76. The maximum atomic E-state index is 13.1. The molecule has 0 N–H and O–H groups in total. The molecule has 8 heteroatoms. The molecule has 2 saturated heterocycles. The third kappa shape index (κ3) is 4.19. The average Bonchev–Trinajstić information content (AvgIpc) is 3.22. The van der Waals surface area contributed by atoms with Crippen molar-refractivity contribution in [2.45, 2.75) is 44.8 Å². The topological polar surface area (TPSA) is 84.9 Å². The zero-order valence-electron chi connectivity index (χ0n) is 18.4. The van der Waals surface area contributed by atoms with Gasteiger partial charge < -0.3 is 19.3 Å². The highest BCUT2D eigenvalue weighted by Crippen LogP contribution is 2.32. The van der Waals surface area contributed by atoms with E-state index in [0.717, 1.165) is 29.1 Å². The molecular weight excluding hydrogens is 408 g/mol. The van der Waals surface area contributed by atoms with E-state index in [4.69, 9.17) is 9.47 Å². The summed E-state index contributed by atoms with van der Waals surface area (Å²) in [5.74, 6) is 1.00. The van der Waals surface area contributed by atoms with Crippen molar-refractivity contribution < 1.29 is 19.1 Å². The molecule has 2 aromatic rings. The number of ether oxygens (including phenoxy) is 2. The van der Waals surface area contributed by atoms with Crippen LogP contribution in [-0.4, -0.2) is 70.0 Å². The van der Waals surface area contributed by atoms with Crippen LogP contribution in [-0.2, 0) is 22.5 Å². The first-order valence-electron chi connectivity index (χ1n) is 11.3. The van der Waals surface area contributed by atoms with Crippen LogP contribution in [0.2, 0.25) is 0 Å². The molecule has 0 aliphatic carbocycles. The van der Waals surface area contributed by atoms with Gasteiger partial charge in [-0.15, -0.1) is 0 Å². The second-order valence-electron chi connectivity index (χ2n) is 8.89. The molecule has 8 nitrogen and oxygen atoms in total. The molecule has 32 heavy (non-hydrogen) atoms. The largest absolute Gasteiger partial charge is 0.493 e. The molecule has 1 aromatic heterocycles. The average molecular weight is 437 g/mol. The number of hydrogen-bond donors (Lipinski definition) is 0. The summed E-state index contributed by atoms with van der Waals surface area (Å²) in [6, 6.07) is 5.70. The van der Waals surface area contributed by atoms with Crippen LogP contribution in [0.4, 0.5) is 0 Å². The molecule has 3 aliphatic heterocycles. The summed E-state index contributed by atoms with van der Waals surface area (Å²) in [6.07, 6.45) is 6.07. The number of piperidine rings is 1. The van der Waals surface area contributed by atoms with Crippen LogP contribution in [0.15, 0.2) is 30.6 Å². The number of amides is 2. The highest BCUT2D eigenvalue weighted by Gasteiger charge is 2.41. The summed E-state index contributed by atoms with van der Waals surface area (Å²) in [5, 5.41) is 0. The molecule has 1 aromatic carbocycles. The van der Waals surface area contributed by atoms with E-state index in [1.54, 1.807) is 12.4 Å². The third-order valence-corrected chi connectivity index (χ3v) is 6.64. The van der Waals surface area contributed by atoms with Crippen LogP contribution in [0, 0.1) is 6.92 Å².